The van der Waals surface area contributed by atoms with Crippen LogP contribution >= 0.6 is 23.2 Å². The van der Waals surface area contributed by atoms with E-state index in [2.05, 4.69) is 15.4 Å². The second-order valence-electron chi connectivity index (χ2n) is 6.84. The molecule has 1 aliphatic heterocycles. The number of hydrogen-bond donors (Lipinski definition) is 2. The van der Waals surface area contributed by atoms with Crippen LogP contribution in [0.2, 0.25) is 10.0 Å². The molecule has 2 heterocycles. The Morgan fingerprint density at radius 3 is 2.61 bits per heavy atom. The normalized spacial score (nSPS) is 15.3. The zero-order valence-electron chi connectivity index (χ0n) is 16.9. The Balaban J connectivity index is 1.95. The second-order valence-corrected chi connectivity index (χ2v) is 7.68. The van der Waals surface area contributed by atoms with Gasteiger partial charge in [-0.05, 0) is 31.2 Å². The number of nitrogens with two attached hydrogens (primary N) is 1. The molecule has 3 N–H and O–H groups in total. The van der Waals surface area contributed by atoms with Crippen LogP contribution in [0, 0.1) is 0 Å². The van der Waals surface area contributed by atoms with Gasteiger partial charge in [0.25, 0.3) is 0 Å². The monoisotopic (exact) mass is 459 g/mol. The number of carbonyl (C=O) groups excluding carboxylic acids is 1. The standard InChI is InChI=1S/C21H19Cl2N5O3/c1-10-16(19(24)29)17(13-5-4-6-15(30-2)18(13)31-3)28-21(25-10)26-20(27-28)12-8-7-11(22)9-14(12)23/h4-9,17H,1-3H3,(H2,24,29)(H,25,26,27). The lowest BCUT2D eigenvalue weighted by molar-refractivity contribution is -0.115. The number of aromatic nitrogens is 3. The number of halogens is 2. The molecular weight excluding hydrogens is 441 g/mol. The summed E-state index contributed by atoms with van der Waals surface area (Å²) in [6.07, 6.45) is 0. The second kappa shape index (κ2) is 8.13. The molecule has 0 bridgehead atoms. The number of methoxy groups -OCH3 is 2. The van der Waals surface area contributed by atoms with Crippen LogP contribution in [0.1, 0.15) is 18.5 Å². The first-order valence-corrected chi connectivity index (χ1v) is 10.0. The molecule has 2 aromatic carbocycles. The number of hydrogen-bond acceptors (Lipinski definition) is 6. The van der Waals surface area contributed by atoms with Crippen LogP contribution in [0.5, 0.6) is 11.5 Å². The van der Waals surface area contributed by atoms with Gasteiger partial charge in [-0.25, -0.2) is 4.68 Å². The van der Waals surface area contributed by atoms with E-state index >= 15 is 0 Å². The SMILES string of the molecule is COc1cccc(C2C(C(N)=O)=C(C)Nc3nc(-c4ccc(Cl)cc4Cl)nn32)c1OC. The number of allylic oxidation sites excluding steroid dienone is 1. The topological polar surface area (TPSA) is 104 Å². The van der Waals surface area contributed by atoms with E-state index in [0.717, 1.165) is 0 Å². The highest BCUT2D eigenvalue weighted by atomic mass is 35.5. The molecule has 8 nitrogen and oxygen atoms in total. The van der Waals surface area contributed by atoms with Crippen molar-refractivity contribution in [2.75, 3.05) is 19.5 Å². The third-order valence-corrected chi connectivity index (χ3v) is 5.57. The smallest absolute Gasteiger partial charge is 0.248 e. The number of benzene rings is 2. The molecular formula is C21H19Cl2N5O3. The van der Waals surface area contributed by atoms with E-state index in [4.69, 9.17) is 38.4 Å². The number of para-hydroxylation sites is 1. The predicted molar refractivity (Wildman–Crippen MR) is 119 cm³/mol. The first kappa shape index (κ1) is 21.0. The summed E-state index contributed by atoms with van der Waals surface area (Å²) in [6.45, 7) is 1.76. The summed E-state index contributed by atoms with van der Waals surface area (Å²) in [6, 6.07) is 9.78. The number of fused-ring (bicyclic) bond motifs is 1. The van der Waals surface area contributed by atoms with Crippen molar-refractivity contribution in [1.29, 1.82) is 0 Å². The molecule has 0 saturated heterocycles. The summed E-state index contributed by atoms with van der Waals surface area (Å²) in [5, 5.41) is 8.66. The van der Waals surface area contributed by atoms with Crippen molar-refractivity contribution < 1.29 is 14.3 Å². The fourth-order valence-electron chi connectivity index (χ4n) is 3.67. The number of primary amides is 1. The summed E-state index contributed by atoms with van der Waals surface area (Å²) < 4.78 is 12.6. The molecule has 160 valence electrons. The van der Waals surface area contributed by atoms with Crippen LogP contribution < -0.4 is 20.5 Å². The van der Waals surface area contributed by atoms with E-state index in [9.17, 15) is 4.79 Å². The average molecular weight is 460 g/mol. The van der Waals surface area contributed by atoms with E-state index in [-0.39, 0.29) is 0 Å². The Morgan fingerprint density at radius 2 is 1.97 bits per heavy atom. The number of carbonyl (C=O) groups is 1. The van der Waals surface area contributed by atoms with E-state index in [1.165, 1.54) is 7.11 Å². The zero-order valence-corrected chi connectivity index (χ0v) is 18.5. The summed E-state index contributed by atoms with van der Waals surface area (Å²) in [7, 11) is 3.08. The van der Waals surface area contributed by atoms with Crippen molar-refractivity contribution >= 4 is 35.1 Å². The molecule has 4 rings (SSSR count). The van der Waals surface area contributed by atoms with Gasteiger partial charge in [-0.15, -0.1) is 5.10 Å². The Kier molecular flexibility index (Phi) is 5.51. The van der Waals surface area contributed by atoms with Gasteiger partial charge >= 0.3 is 0 Å². The molecule has 10 heteroatoms. The molecule has 1 atom stereocenters. The molecule has 3 aromatic rings. The van der Waals surface area contributed by atoms with E-state index in [0.29, 0.717) is 55.7 Å². The summed E-state index contributed by atoms with van der Waals surface area (Å²) in [5.41, 5.74) is 7.90. The highest BCUT2D eigenvalue weighted by molar-refractivity contribution is 6.36. The molecule has 1 unspecified atom stereocenters. The van der Waals surface area contributed by atoms with Crippen molar-refractivity contribution in [3.05, 3.63) is 63.3 Å². The maximum absolute atomic E-state index is 12.4. The van der Waals surface area contributed by atoms with E-state index in [1.54, 1.807) is 49.0 Å². The number of ether oxygens (including phenoxy) is 2. The van der Waals surface area contributed by atoms with Crippen LogP contribution in [0.3, 0.4) is 0 Å². The van der Waals surface area contributed by atoms with Crippen molar-refractivity contribution in [2.24, 2.45) is 5.73 Å². The third kappa shape index (κ3) is 3.58. The average Bonchev–Trinajstić information content (AvgIpc) is 3.14. The Hall–Kier alpha value is -3.23. The van der Waals surface area contributed by atoms with Crippen LogP contribution in [0.15, 0.2) is 47.7 Å². The molecule has 31 heavy (non-hydrogen) atoms. The van der Waals surface area contributed by atoms with Crippen molar-refractivity contribution in [3.8, 4) is 22.9 Å². The van der Waals surface area contributed by atoms with Crippen molar-refractivity contribution in [3.63, 3.8) is 0 Å². The fourth-order valence-corrected chi connectivity index (χ4v) is 4.16. The maximum atomic E-state index is 12.4. The van der Waals surface area contributed by atoms with Crippen molar-refractivity contribution in [2.45, 2.75) is 13.0 Å². The Bertz CT molecular complexity index is 1220. The molecule has 0 saturated carbocycles. The van der Waals surface area contributed by atoms with Gasteiger partial charge in [-0.1, -0.05) is 35.3 Å². The van der Waals surface area contributed by atoms with Gasteiger partial charge in [0, 0.05) is 21.8 Å². The molecule has 1 aromatic heterocycles. The molecule has 0 fully saturated rings. The Morgan fingerprint density at radius 1 is 1.19 bits per heavy atom. The lowest BCUT2D eigenvalue weighted by Crippen LogP contribution is -2.32. The fraction of sp³-hybridized carbons (Fsp3) is 0.190. The molecule has 1 amide bonds. The van der Waals surface area contributed by atoms with Gasteiger partial charge in [0.15, 0.2) is 17.3 Å². The van der Waals surface area contributed by atoms with Gasteiger partial charge in [-0.3, -0.25) is 4.79 Å². The van der Waals surface area contributed by atoms with E-state index < -0.39 is 11.9 Å². The minimum Gasteiger partial charge on any atom is -0.493 e. The third-order valence-electron chi connectivity index (χ3n) is 5.02. The van der Waals surface area contributed by atoms with Gasteiger partial charge < -0.3 is 20.5 Å². The lowest BCUT2D eigenvalue weighted by atomic mass is 9.94. The zero-order chi connectivity index (χ0) is 22.3. The highest BCUT2D eigenvalue weighted by Crippen LogP contribution is 2.43. The summed E-state index contributed by atoms with van der Waals surface area (Å²) >= 11 is 12.4. The molecule has 0 radical (unpaired) electrons. The first-order valence-electron chi connectivity index (χ1n) is 9.26. The molecule has 0 aliphatic carbocycles. The number of nitrogens with one attached hydrogen (secondary N) is 1. The lowest BCUT2D eigenvalue weighted by Gasteiger charge is -2.29. The number of nitrogens with zero attached hydrogens (tertiary/aromatic N) is 3. The van der Waals surface area contributed by atoms with Gasteiger partial charge in [0.2, 0.25) is 11.9 Å². The largest absolute Gasteiger partial charge is 0.493 e. The quantitative estimate of drug-likeness (QED) is 0.596. The predicted octanol–water partition coefficient (Wildman–Crippen LogP) is 4.04. The minimum atomic E-state index is -0.689. The summed E-state index contributed by atoms with van der Waals surface area (Å²) in [4.78, 5) is 17.0. The van der Waals surface area contributed by atoms with Crippen LogP contribution in [0.25, 0.3) is 11.4 Å². The van der Waals surface area contributed by atoms with Gasteiger partial charge in [0.1, 0.15) is 6.04 Å². The van der Waals surface area contributed by atoms with Crippen LogP contribution in [-0.4, -0.2) is 34.9 Å². The number of rotatable bonds is 5. The number of anilines is 1. The Labute approximate surface area is 188 Å². The highest BCUT2D eigenvalue weighted by Gasteiger charge is 2.36. The van der Waals surface area contributed by atoms with E-state index in [1.807, 2.05) is 6.07 Å². The number of amides is 1. The first-order chi connectivity index (χ1) is 14.8. The van der Waals surface area contributed by atoms with Gasteiger partial charge in [0.05, 0.1) is 24.8 Å². The maximum Gasteiger partial charge on any atom is 0.248 e. The van der Waals surface area contributed by atoms with Crippen molar-refractivity contribution in [1.82, 2.24) is 14.8 Å². The van der Waals surface area contributed by atoms with Crippen LogP contribution in [-0.2, 0) is 4.79 Å². The van der Waals surface area contributed by atoms with Gasteiger partial charge in [-0.2, -0.15) is 4.98 Å². The molecule has 1 aliphatic rings. The minimum absolute atomic E-state index is 0.331. The van der Waals surface area contributed by atoms with Crippen LogP contribution in [0.4, 0.5) is 5.95 Å². The summed E-state index contributed by atoms with van der Waals surface area (Å²) in [5.74, 6) is 1.19. The molecule has 0 spiro atoms.